The van der Waals surface area contributed by atoms with Crippen LogP contribution in [0.5, 0.6) is 0 Å². The smallest absolute Gasteiger partial charge is 0.312 e. The molecule has 2 rings (SSSR count). The molecule has 80 valence electrons. The van der Waals surface area contributed by atoms with E-state index in [1.54, 1.807) is 6.07 Å². The first-order valence-corrected chi connectivity index (χ1v) is 4.92. The summed E-state index contributed by atoms with van der Waals surface area (Å²) in [7, 11) is 0. The SMILES string of the molecule is O=C(O)C1(Cc2ccnc(Cl)n2)CNC1. The van der Waals surface area contributed by atoms with Gasteiger partial charge in [-0.3, -0.25) is 4.79 Å². The summed E-state index contributed by atoms with van der Waals surface area (Å²) >= 11 is 5.63. The third-order valence-electron chi connectivity index (χ3n) is 2.58. The number of hydrogen-bond acceptors (Lipinski definition) is 4. The third kappa shape index (κ3) is 1.93. The summed E-state index contributed by atoms with van der Waals surface area (Å²) in [5.74, 6) is -0.795. The van der Waals surface area contributed by atoms with Crippen molar-refractivity contribution in [2.45, 2.75) is 6.42 Å². The fraction of sp³-hybridized carbons (Fsp3) is 0.444. The highest BCUT2D eigenvalue weighted by Gasteiger charge is 2.44. The molecule has 0 aliphatic carbocycles. The zero-order valence-electron chi connectivity index (χ0n) is 7.90. The number of carboxylic acids is 1. The molecule has 0 amide bonds. The van der Waals surface area contributed by atoms with E-state index >= 15 is 0 Å². The molecule has 6 heteroatoms. The van der Waals surface area contributed by atoms with Gasteiger partial charge in [-0.25, -0.2) is 9.97 Å². The molecule has 2 heterocycles. The molecule has 1 aliphatic rings. The molecule has 1 fully saturated rings. The van der Waals surface area contributed by atoms with Crippen molar-refractivity contribution in [3.8, 4) is 0 Å². The van der Waals surface area contributed by atoms with Crippen molar-refractivity contribution in [2.75, 3.05) is 13.1 Å². The number of aromatic nitrogens is 2. The average Bonchev–Trinajstić information content (AvgIpc) is 2.11. The third-order valence-corrected chi connectivity index (χ3v) is 2.77. The van der Waals surface area contributed by atoms with E-state index in [1.165, 1.54) is 6.20 Å². The predicted molar refractivity (Wildman–Crippen MR) is 53.7 cm³/mol. The van der Waals surface area contributed by atoms with Gasteiger partial charge in [0.1, 0.15) is 0 Å². The summed E-state index contributed by atoms with van der Waals surface area (Å²) in [5.41, 5.74) is -0.0589. The Morgan fingerprint density at radius 1 is 1.67 bits per heavy atom. The maximum Gasteiger partial charge on any atom is 0.312 e. The maximum atomic E-state index is 11.1. The van der Waals surface area contributed by atoms with E-state index in [0.29, 0.717) is 25.2 Å². The normalized spacial score (nSPS) is 18.2. The van der Waals surface area contributed by atoms with Crippen LogP contribution in [-0.4, -0.2) is 34.1 Å². The molecule has 0 radical (unpaired) electrons. The van der Waals surface area contributed by atoms with Crippen molar-refractivity contribution in [1.82, 2.24) is 15.3 Å². The molecule has 5 nitrogen and oxygen atoms in total. The first-order valence-electron chi connectivity index (χ1n) is 4.54. The summed E-state index contributed by atoms with van der Waals surface area (Å²) in [6.45, 7) is 0.952. The van der Waals surface area contributed by atoms with Crippen LogP contribution in [0.25, 0.3) is 0 Å². The molecule has 1 aliphatic heterocycles. The lowest BCUT2D eigenvalue weighted by atomic mass is 9.77. The highest BCUT2D eigenvalue weighted by molar-refractivity contribution is 6.28. The molecule has 15 heavy (non-hydrogen) atoms. The largest absolute Gasteiger partial charge is 0.481 e. The minimum absolute atomic E-state index is 0.153. The number of carboxylic acid groups (broad SMARTS) is 1. The Labute approximate surface area is 91.5 Å². The second-order valence-electron chi connectivity index (χ2n) is 3.68. The van der Waals surface area contributed by atoms with E-state index in [-0.39, 0.29) is 5.28 Å². The molecule has 1 saturated heterocycles. The summed E-state index contributed by atoms with van der Waals surface area (Å²) in [5, 5.41) is 12.2. The van der Waals surface area contributed by atoms with E-state index in [9.17, 15) is 4.79 Å². The summed E-state index contributed by atoms with van der Waals surface area (Å²) in [4.78, 5) is 18.8. The van der Waals surface area contributed by atoms with Gasteiger partial charge < -0.3 is 10.4 Å². The molecule has 0 aromatic carbocycles. The lowest BCUT2D eigenvalue weighted by Crippen LogP contribution is -2.59. The number of halogens is 1. The number of nitrogens with one attached hydrogen (secondary N) is 1. The van der Waals surface area contributed by atoms with Gasteiger partial charge in [0, 0.05) is 31.4 Å². The maximum absolute atomic E-state index is 11.1. The quantitative estimate of drug-likeness (QED) is 0.729. The van der Waals surface area contributed by atoms with Crippen molar-refractivity contribution < 1.29 is 9.90 Å². The van der Waals surface area contributed by atoms with Gasteiger partial charge in [-0.05, 0) is 17.7 Å². The first-order chi connectivity index (χ1) is 7.12. The molecule has 2 N–H and O–H groups in total. The van der Waals surface area contributed by atoms with Crippen molar-refractivity contribution in [2.24, 2.45) is 5.41 Å². The van der Waals surface area contributed by atoms with Crippen molar-refractivity contribution in [1.29, 1.82) is 0 Å². The molecule has 0 unspecified atom stereocenters. The molecular weight excluding hydrogens is 218 g/mol. The monoisotopic (exact) mass is 227 g/mol. The molecular formula is C9H10ClN3O2. The van der Waals surface area contributed by atoms with Crippen molar-refractivity contribution >= 4 is 17.6 Å². The fourth-order valence-electron chi connectivity index (χ4n) is 1.59. The van der Waals surface area contributed by atoms with Crippen LogP contribution in [0.1, 0.15) is 5.69 Å². The van der Waals surface area contributed by atoms with Gasteiger partial charge in [0.25, 0.3) is 0 Å². The van der Waals surface area contributed by atoms with Crippen molar-refractivity contribution in [3.63, 3.8) is 0 Å². The van der Waals surface area contributed by atoms with Crippen LogP contribution in [0.3, 0.4) is 0 Å². The van der Waals surface area contributed by atoms with Crippen LogP contribution < -0.4 is 5.32 Å². The van der Waals surface area contributed by atoms with Crippen LogP contribution in [0.4, 0.5) is 0 Å². The topological polar surface area (TPSA) is 75.1 Å². The summed E-state index contributed by atoms with van der Waals surface area (Å²) < 4.78 is 0. The molecule has 0 bridgehead atoms. The highest BCUT2D eigenvalue weighted by Crippen LogP contribution is 2.27. The summed E-state index contributed by atoms with van der Waals surface area (Å²) in [6.07, 6.45) is 1.92. The van der Waals surface area contributed by atoms with Gasteiger partial charge in [-0.2, -0.15) is 0 Å². The van der Waals surface area contributed by atoms with E-state index < -0.39 is 11.4 Å². The Bertz CT molecular complexity index is 393. The summed E-state index contributed by atoms with van der Waals surface area (Å²) in [6, 6.07) is 1.69. The van der Waals surface area contributed by atoms with E-state index in [2.05, 4.69) is 15.3 Å². The molecule has 0 atom stereocenters. The van der Waals surface area contributed by atoms with Crippen LogP contribution in [0, 0.1) is 5.41 Å². The molecule has 0 saturated carbocycles. The lowest BCUT2D eigenvalue weighted by molar-refractivity contribution is -0.152. The van der Waals surface area contributed by atoms with Crippen LogP contribution in [-0.2, 0) is 11.2 Å². The number of hydrogen-bond donors (Lipinski definition) is 2. The predicted octanol–water partition coefficient (Wildman–Crippen LogP) is 0.347. The zero-order chi connectivity index (χ0) is 10.9. The zero-order valence-corrected chi connectivity index (χ0v) is 8.66. The number of rotatable bonds is 3. The second-order valence-corrected chi connectivity index (χ2v) is 4.02. The van der Waals surface area contributed by atoms with Gasteiger partial charge in [0.05, 0.1) is 5.41 Å². The minimum atomic E-state index is -0.795. The van der Waals surface area contributed by atoms with Gasteiger partial charge >= 0.3 is 5.97 Å². The number of nitrogens with zero attached hydrogens (tertiary/aromatic N) is 2. The van der Waals surface area contributed by atoms with Gasteiger partial charge in [0.2, 0.25) is 5.28 Å². The Balaban J connectivity index is 2.17. The van der Waals surface area contributed by atoms with Crippen LogP contribution in [0.15, 0.2) is 12.3 Å². The van der Waals surface area contributed by atoms with Crippen LogP contribution >= 0.6 is 11.6 Å². The van der Waals surface area contributed by atoms with Gasteiger partial charge in [-0.15, -0.1) is 0 Å². The fourth-order valence-corrected chi connectivity index (χ4v) is 1.76. The Morgan fingerprint density at radius 3 is 2.87 bits per heavy atom. The van der Waals surface area contributed by atoms with Gasteiger partial charge in [-0.1, -0.05) is 0 Å². The Kier molecular flexibility index (Phi) is 2.58. The lowest BCUT2D eigenvalue weighted by Gasteiger charge is -2.38. The number of carbonyl (C=O) groups is 1. The number of aliphatic carboxylic acids is 1. The standard InChI is InChI=1S/C9H10ClN3O2/c10-8-12-2-1-6(13-8)3-9(7(14)15)4-11-5-9/h1-2,11H,3-5H2,(H,14,15). The highest BCUT2D eigenvalue weighted by atomic mass is 35.5. The average molecular weight is 228 g/mol. The van der Waals surface area contributed by atoms with E-state index in [1.807, 2.05) is 0 Å². The van der Waals surface area contributed by atoms with Crippen molar-refractivity contribution in [3.05, 3.63) is 23.2 Å². The first kappa shape index (κ1) is 10.3. The van der Waals surface area contributed by atoms with E-state index in [0.717, 1.165) is 0 Å². The van der Waals surface area contributed by atoms with Crippen LogP contribution in [0.2, 0.25) is 5.28 Å². The minimum Gasteiger partial charge on any atom is -0.481 e. The van der Waals surface area contributed by atoms with Gasteiger partial charge in [0.15, 0.2) is 0 Å². The second kappa shape index (κ2) is 3.75. The molecule has 1 aromatic heterocycles. The molecule has 0 spiro atoms. The molecule has 1 aromatic rings. The Morgan fingerprint density at radius 2 is 2.40 bits per heavy atom. The van der Waals surface area contributed by atoms with E-state index in [4.69, 9.17) is 16.7 Å². The Hall–Kier alpha value is -1.20.